The Hall–Kier alpha value is -1.52. The number of rotatable bonds is 4. The van der Waals surface area contributed by atoms with Crippen LogP contribution in [0.5, 0.6) is 5.75 Å². The molecule has 0 radical (unpaired) electrons. The van der Waals surface area contributed by atoms with Gasteiger partial charge >= 0.3 is 0 Å². The molecule has 1 heterocycles. The second-order valence-corrected chi connectivity index (χ2v) is 4.34. The lowest BCUT2D eigenvalue weighted by Crippen LogP contribution is -2.04. The number of aliphatic hydroxyl groups is 1. The second-order valence-electron chi connectivity index (χ2n) is 4.34. The number of aromatic amines is 1. The standard InChI is InChI=1S/C13H18N2O2/c1-8-13(12(17)3-2-6-14)10-5-4-9(16)7-11(10)15-8/h4-5,7,12,15-17H,2-3,6,14H2,1H3. The largest absolute Gasteiger partial charge is 0.508 e. The number of phenols is 1. The Kier molecular flexibility index (Phi) is 3.36. The Labute approximate surface area is 100 Å². The summed E-state index contributed by atoms with van der Waals surface area (Å²) in [6.07, 6.45) is 0.952. The third-order valence-corrected chi connectivity index (χ3v) is 3.03. The van der Waals surface area contributed by atoms with E-state index in [4.69, 9.17) is 5.73 Å². The van der Waals surface area contributed by atoms with Crippen molar-refractivity contribution in [2.75, 3.05) is 6.54 Å². The molecule has 5 N–H and O–H groups in total. The third-order valence-electron chi connectivity index (χ3n) is 3.03. The Bertz CT molecular complexity index is 519. The van der Waals surface area contributed by atoms with E-state index in [0.717, 1.165) is 28.6 Å². The number of phenolic OH excluding ortho intramolecular Hbond substituents is 1. The Morgan fingerprint density at radius 2 is 2.18 bits per heavy atom. The van der Waals surface area contributed by atoms with Crippen molar-refractivity contribution in [3.63, 3.8) is 0 Å². The average Bonchev–Trinajstić information content (AvgIpc) is 2.61. The first-order chi connectivity index (χ1) is 8.13. The highest BCUT2D eigenvalue weighted by Crippen LogP contribution is 2.31. The molecule has 4 nitrogen and oxygen atoms in total. The van der Waals surface area contributed by atoms with Crippen molar-refractivity contribution < 1.29 is 10.2 Å². The van der Waals surface area contributed by atoms with Crippen molar-refractivity contribution in [3.05, 3.63) is 29.5 Å². The predicted molar refractivity (Wildman–Crippen MR) is 67.9 cm³/mol. The average molecular weight is 234 g/mol. The molecule has 0 fully saturated rings. The first-order valence-electron chi connectivity index (χ1n) is 5.83. The number of aromatic hydroxyl groups is 1. The number of benzene rings is 1. The summed E-state index contributed by atoms with van der Waals surface area (Å²) in [5.41, 5.74) is 8.15. The van der Waals surface area contributed by atoms with Crippen LogP contribution in [0.2, 0.25) is 0 Å². The summed E-state index contributed by atoms with van der Waals surface area (Å²) in [5.74, 6) is 0.224. The third kappa shape index (κ3) is 2.28. The van der Waals surface area contributed by atoms with Gasteiger partial charge in [-0.15, -0.1) is 0 Å². The first kappa shape index (κ1) is 12.0. The summed E-state index contributed by atoms with van der Waals surface area (Å²) in [6.45, 7) is 2.51. The van der Waals surface area contributed by atoms with Crippen molar-refractivity contribution in [2.45, 2.75) is 25.9 Å². The van der Waals surface area contributed by atoms with Gasteiger partial charge in [-0.3, -0.25) is 0 Å². The Morgan fingerprint density at radius 3 is 2.88 bits per heavy atom. The molecule has 0 bridgehead atoms. The van der Waals surface area contributed by atoms with Gasteiger partial charge in [-0.25, -0.2) is 0 Å². The molecule has 0 aliphatic rings. The predicted octanol–water partition coefficient (Wildman–Crippen LogP) is 1.95. The molecule has 4 heteroatoms. The van der Waals surface area contributed by atoms with Crippen LogP contribution in [0.15, 0.2) is 18.2 Å². The fraction of sp³-hybridized carbons (Fsp3) is 0.385. The smallest absolute Gasteiger partial charge is 0.117 e. The fourth-order valence-corrected chi connectivity index (χ4v) is 2.23. The van der Waals surface area contributed by atoms with Gasteiger partial charge in [0.1, 0.15) is 5.75 Å². The van der Waals surface area contributed by atoms with Gasteiger partial charge in [-0.1, -0.05) is 0 Å². The van der Waals surface area contributed by atoms with Crippen LogP contribution < -0.4 is 5.73 Å². The van der Waals surface area contributed by atoms with E-state index in [1.807, 2.05) is 13.0 Å². The normalized spacial score (nSPS) is 13.1. The summed E-state index contributed by atoms with van der Waals surface area (Å²) in [4.78, 5) is 3.17. The molecule has 92 valence electrons. The SMILES string of the molecule is Cc1[nH]c2cc(O)ccc2c1C(O)CCCN. The molecule has 0 saturated carbocycles. The molecule has 1 aromatic heterocycles. The van der Waals surface area contributed by atoms with Gasteiger partial charge in [0.25, 0.3) is 0 Å². The van der Waals surface area contributed by atoms with Crippen LogP contribution in [0, 0.1) is 6.92 Å². The molecule has 0 spiro atoms. The molecule has 0 aliphatic carbocycles. The zero-order chi connectivity index (χ0) is 12.4. The van der Waals surface area contributed by atoms with Gasteiger partial charge in [0.2, 0.25) is 0 Å². The topological polar surface area (TPSA) is 82.3 Å². The van der Waals surface area contributed by atoms with Crippen molar-refractivity contribution in [1.29, 1.82) is 0 Å². The molecule has 17 heavy (non-hydrogen) atoms. The minimum Gasteiger partial charge on any atom is -0.508 e. The van der Waals surface area contributed by atoms with Crippen molar-refractivity contribution in [3.8, 4) is 5.75 Å². The zero-order valence-corrected chi connectivity index (χ0v) is 9.90. The molecule has 0 amide bonds. The second kappa shape index (κ2) is 4.77. The maximum absolute atomic E-state index is 10.2. The monoisotopic (exact) mass is 234 g/mol. The lowest BCUT2D eigenvalue weighted by atomic mass is 10.0. The summed E-state index contributed by atoms with van der Waals surface area (Å²) < 4.78 is 0. The number of hydrogen-bond acceptors (Lipinski definition) is 3. The molecule has 1 atom stereocenters. The van der Waals surface area contributed by atoms with Crippen LogP contribution in [0.3, 0.4) is 0 Å². The van der Waals surface area contributed by atoms with E-state index in [9.17, 15) is 10.2 Å². The van der Waals surface area contributed by atoms with E-state index in [-0.39, 0.29) is 5.75 Å². The quantitative estimate of drug-likeness (QED) is 0.652. The highest BCUT2D eigenvalue weighted by Gasteiger charge is 2.16. The number of hydrogen-bond donors (Lipinski definition) is 4. The number of nitrogens with one attached hydrogen (secondary N) is 1. The molecule has 0 aliphatic heterocycles. The van der Waals surface area contributed by atoms with E-state index >= 15 is 0 Å². The molecule has 1 unspecified atom stereocenters. The van der Waals surface area contributed by atoms with Gasteiger partial charge in [0.05, 0.1) is 6.10 Å². The summed E-state index contributed by atoms with van der Waals surface area (Å²) in [5, 5.41) is 20.5. The van der Waals surface area contributed by atoms with E-state index < -0.39 is 6.10 Å². The van der Waals surface area contributed by atoms with E-state index in [0.29, 0.717) is 13.0 Å². The number of H-pyrrole nitrogens is 1. The van der Waals surface area contributed by atoms with Gasteiger partial charge in [0, 0.05) is 28.2 Å². The van der Waals surface area contributed by atoms with E-state index in [1.165, 1.54) is 0 Å². The van der Waals surface area contributed by atoms with Crippen LogP contribution >= 0.6 is 0 Å². The van der Waals surface area contributed by atoms with Gasteiger partial charge in [-0.05, 0) is 38.4 Å². The Morgan fingerprint density at radius 1 is 1.41 bits per heavy atom. The molecular formula is C13H18N2O2. The van der Waals surface area contributed by atoms with E-state index in [2.05, 4.69) is 4.98 Å². The molecular weight excluding hydrogens is 216 g/mol. The van der Waals surface area contributed by atoms with E-state index in [1.54, 1.807) is 12.1 Å². The number of aromatic nitrogens is 1. The molecule has 2 rings (SSSR count). The summed E-state index contributed by atoms with van der Waals surface area (Å²) >= 11 is 0. The molecule has 1 aromatic carbocycles. The number of aliphatic hydroxyl groups excluding tert-OH is 1. The van der Waals surface area contributed by atoms with Crippen molar-refractivity contribution in [2.24, 2.45) is 5.73 Å². The number of nitrogens with two attached hydrogens (primary N) is 1. The van der Waals surface area contributed by atoms with Crippen LogP contribution in [0.4, 0.5) is 0 Å². The zero-order valence-electron chi connectivity index (χ0n) is 9.90. The van der Waals surface area contributed by atoms with Gasteiger partial charge in [-0.2, -0.15) is 0 Å². The number of aryl methyl sites for hydroxylation is 1. The molecule has 2 aromatic rings. The summed E-state index contributed by atoms with van der Waals surface area (Å²) in [7, 11) is 0. The minimum atomic E-state index is -0.503. The highest BCUT2D eigenvalue weighted by atomic mass is 16.3. The maximum Gasteiger partial charge on any atom is 0.117 e. The highest BCUT2D eigenvalue weighted by molar-refractivity contribution is 5.86. The van der Waals surface area contributed by atoms with Gasteiger partial charge in [0.15, 0.2) is 0 Å². The Balaban J connectivity index is 2.42. The van der Waals surface area contributed by atoms with Crippen LogP contribution in [0.1, 0.15) is 30.2 Å². The fourth-order valence-electron chi connectivity index (χ4n) is 2.23. The van der Waals surface area contributed by atoms with Crippen LogP contribution in [-0.2, 0) is 0 Å². The van der Waals surface area contributed by atoms with Crippen molar-refractivity contribution in [1.82, 2.24) is 4.98 Å². The first-order valence-corrected chi connectivity index (χ1v) is 5.83. The lowest BCUT2D eigenvalue weighted by molar-refractivity contribution is 0.166. The maximum atomic E-state index is 10.2. The lowest BCUT2D eigenvalue weighted by Gasteiger charge is -2.10. The summed E-state index contributed by atoms with van der Waals surface area (Å²) in [6, 6.07) is 5.13. The van der Waals surface area contributed by atoms with Crippen molar-refractivity contribution >= 4 is 10.9 Å². The number of fused-ring (bicyclic) bond motifs is 1. The molecule has 0 saturated heterocycles. The van der Waals surface area contributed by atoms with Crippen LogP contribution in [0.25, 0.3) is 10.9 Å². The minimum absolute atomic E-state index is 0.224. The van der Waals surface area contributed by atoms with Crippen LogP contribution in [-0.4, -0.2) is 21.7 Å². The van der Waals surface area contributed by atoms with Gasteiger partial charge < -0.3 is 20.9 Å².